The van der Waals surface area contributed by atoms with Crippen LogP contribution < -0.4 is 0 Å². The van der Waals surface area contributed by atoms with E-state index in [1.165, 1.54) is 21.7 Å². The first-order chi connectivity index (χ1) is 13.0. The molecule has 0 bridgehead atoms. The molecule has 0 N–H and O–H groups in total. The van der Waals surface area contributed by atoms with Crippen molar-refractivity contribution in [2.75, 3.05) is 6.54 Å². The fraction of sp³-hybridized carbons (Fsp3) is 0.235. The van der Waals surface area contributed by atoms with E-state index in [9.17, 15) is 13.6 Å². The molecule has 0 saturated carbocycles. The molecule has 0 saturated heterocycles. The summed E-state index contributed by atoms with van der Waals surface area (Å²) < 4.78 is 28.6. The first-order valence-corrected chi connectivity index (χ1v) is 8.52. The summed E-state index contributed by atoms with van der Waals surface area (Å²) in [5.41, 5.74) is 1.25. The summed E-state index contributed by atoms with van der Waals surface area (Å²) in [6.45, 7) is 2.12. The fourth-order valence-corrected chi connectivity index (χ4v) is 3.27. The Kier molecular flexibility index (Phi) is 4.31. The van der Waals surface area contributed by atoms with E-state index < -0.39 is 23.6 Å². The predicted molar refractivity (Wildman–Crippen MR) is 91.5 cm³/mol. The van der Waals surface area contributed by atoms with Gasteiger partial charge in [-0.2, -0.15) is 4.68 Å². The van der Waals surface area contributed by atoms with E-state index >= 15 is 0 Å². The van der Waals surface area contributed by atoms with Gasteiger partial charge in [-0.1, -0.05) is 16.8 Å². The molecule has 7 nitrogen and oxygen atoms in total. The van der Waals surface area contributed by atoms with Gasteiger partial charge in [0, 0.05) is 18.0 Å². The number of rotatable bonds is 2. The van der Waals surface area contributed by atoms with Crippen LogP contribution in [0.3, 0.4) is 0 Å². The van der Waals surface area contributed by atoms with Gasteiger partial charge >= 0.3 is 0 Å². The van der Waals surface area contributed by atoms with Gasteiger partial charge < -0.3 is 4.90 Å². The van der Waals surface area contributed by atoms with Crippen molar-refractivity contribution < 1.29 is 13.6 Å². The molecule has 3 aromatic rings. The van der Waals surface area contributed by atoms with E-state index in [0.29, 0.717) is 18.7 Å². The second kappa shape index (κ2) is 6.66. The fourth-order valence-electron chi connectivity index (χ4n) is 3.11. The Morgan fingerprint density at radius 2 is 2.00 bits per heavy atom. The maximum atomic E-state index is 14.1. The Morgan fingerprint density at radius 1 is 1.26 bits per heavy atom. The summed E-state index contributed by atoms with van der Waals surface area (Å²) in [6.07, 6.45) is 2.51. The minimum Gasteiger partial charge on any atom is -0.330 e. The van der Waals surface area contributed by atoms with Crippen molar-refractivity contribution in [3.63, 3.8) is 0 Å². The molecule has 10 heteroatoms. The van der Waals surface area contributed by atoms with Crippen LogP contribution in [0.15, 0.2) is 30.6 Å². The minimum absolute atomic E-state index is 0.0519. The van der Waals surface area contributed by atoms with Crippen LogP contribution >= 0.6 is 11.6 Å². The van der Waals surface area contributed by atoms with Gasteiger partial charge in [0.2, 0.25) is 0 Å². The zero-order valence-corrected chi connectivity index (χ0v) is 14.9. The monoisotopic (exact) mass is 390 g/mol. The second-order valence-corrected chi connectivity index (χ2v) is 6.52. The van der Waals surface area contributed by atoms with E-state index in [1.807, 2.05) is 0 Å². The molecule has 138 valence electrons. The summed E-state index contributed by atoms with van der Waals surface area (Å²) in [5, 5.41) is 8.39. The third-order valence-corrected chi connectivity index (χ3v) is 4.70. The molecule has 27 heavy (non-hydrogen) atoms. The van der Waals surface area contributed by atoms with Crippen LogP contribution in [-0.4, -0.2) is 42.3 Å². The minimum atomic E-state index is -0.672. The lowest BCUT2D eigenvalue weighted by atomic mass is 10.0. The zero-order chi connectivity index (χ0) is 19.1. The van der Waals surface area contributed by atoms with E-state index in [0.717, 1.165) is 24.2 Å². The van der Waals surface area contributed by atoms with Crippen molar-refractivity contribution in [2.45, 2.75) is 19.4 Å². The van der Waals surface area contributed by atoms with Gasteiger partial charge in [-0.3, -0.25) is 4.79 Å². The Bertz CT molecular complexity index is 1020. The summed E-state index contributed by atoms with van der Waals surface area (Å²) >= 11 is 5.75. The zero-order valence-electron chi connectivity index (χ0n) is 14.1. The van der Waals surface area contributed by atoms with Gasteiger partial charge in [0.15, 0.2) is 5.82 Å². The number of amides is 1. The number of carbonyl (C=O) groups is 1. The Balaban J connectivity index is 1.65. The van der Waals surface area contributed by atoms with Crippen LogP contribution in [0.4, 0.5) is 8.78 Å². The lowest BCUT2D eigenvalue weighted by Gasteiger charge is -2.32. The number of halogens is 3. The summed E-state index contributed by atoms with van der Waals surface area (Å²) in [4.78, 5) is 22.1. The standard InChI is InChI=1S/C17H13ClF2N6O/c1-9-15-14(26(24-23-15)17-21-7-11(19)8-22-17)4-5-25(9)16(27)12-3-2-10(18)6-13(12)20/h2-3,6-9H,4-5H2,1H3/t9-/m0/s1. The Morgan fingerprint density at radius 3 is 2.70 bits per heavy atom. The molecule has 1 aliphatic heterocycles. The number of aromatic nitrogens is 5. The predicted octanol–water partition coefficient (Wildman–Crippen LogP) is 2.75. The average molecular weight is 391 g/mol. The van der Waals surface area contributed by atoms with Crippen molar-refractivity contribution in [3.05, 3.63) is 64.2 Å². The molecular weight excluding hydrogens is 378 g/mol. The van der Waals surface area contributed by atoms with Crippen LogP contribution in [0.25, 0.3) is 5.95 Å². The van der Waals surface area contributed by atoms with Crippen molar-refractivity contribution in [3.8, 4) is 5.95 Å². The highest BCUT2D eigenvalue weighted by Crippen LogP contribution is 2.30. The number of benzene rings is 1. The number of fused-ring (bicyclic) bond motifs is 1. The van der Waals surface area contributed by atoms with Crippen LogP contribution in [0.1, 0.15) is 34.7 Å². The van der Waals surface area contributed by atoms with Crippen molar-refractivity contribution in [2.24, 2.45) is 0 Å². The maximum Gasteiger partial charge on any atom is 0.257 e. The molecule has 3 heterocycles. The maximum absolute atomic E-state index is 14.1. The third kappa shape index (κ3) is 3.03. The van der Waals surface area contributed by atoms with E-state index in [-0.39, 0.29) is 16.5 Å². The van der Waals surface area contributed by atoms with Crippen LogP contribution in [0.5, 0.6) is 0 Å². The molecule has 1 aliphatic rings. The Hall–Kier alpha value is -2.94. The lowest BCUT2D eigenvalue weighted by Crippen LogP contribution is -2.39. The van der Waals surface area contributed by atoms with Gasteiger partial charge in [0.05, 0.1) is 29.7 Å². The molecule has 0 radical (unpaired) electrons. The van der Waals surface area contributed by atoms with Crippen LogP contribution in [0, 0.1) is 11.6 Å². The van der Waals surface area contributed by atoms with E-state index in [1.54, 1.807) is 6.92 Å². The van der Waals surface area contributed by atoms with Gasteiger partial charge in [0.1, 0.15) is 11.5 Å². The first-order valence-electron chi connectivity index (χ1n) is 8.14. The summed E-state index contributed by atoms with van der Waals surface area (Å²) in [7, 11) is 0. The molecule has 1 atom stereocenters. The van der Waals surface area contributed by atoms with Gasteiger partial charge in [0.25, 0.3) is 11.9 Å². The Labute approximate surface area is 157 Å². The number of hydrogen-bond donors (Lipinski definition) is 0. The average Bonchev–Trinajstić information content (AvgIpc) is 3.07. The summed E-state index contributed by atoms with van der Waals surface area (Å²) in [5.74, 6) is -1.48. The molecule has 0 unspecified atom stereocenters. The van der Waals surface area contributed by atoms with Gasteiger partial charge in [-0.15, -0.1) is 5.10 Å². The SMILES string of the molecule is C[C@H]1c2nnn(-c3ncc(F)cn3)c2CCN1C(=O)c1ccc(Cl)cc1F. The first kappa shape index (κ1) is 17.5. The van der Waals surface area contributed by atoms with Gasteiger partial charge in [-0.25, -0.2) is 18.7 Å². The normalized spacial score (nSPS) is 16.3. The highest BCUT2D eigenvalue weighted by atomic mass is 35.5. The molecule has 0 aliphatic carbocycles. The van der Waals surface area contributed by atoms with Gasteiger partial charge in [-0.05, 0) is 25.1 Å². The second-order valence-electron chi connectivity index (χ2n) is 6.08. The number of nitrogens with zero attached hydrogens (tertiary/aromatic N) is 6. The van der Waals surface area contributed by atoms with E-state index in [2.05, 4.69) is 20.3 Å². The molecule has 1 aromatic carbocycles. The quantitative estimate of drug-likeness (QED) is 0.672. The molecule has 0 spiro atoms. The van der Waals surface area contributed by atoms with Crippen LogP contribution in [-0.2, 0) is 6.42 Å². The smallest absolute Gasteiger partial charge is 0.257 e. The number of hydrogen-bond acceptors (Lipinski definition) is 5. The molecule has 1 amide bonds. The lowest BCUT2D eigenvalue weighted by molar-refractivity contribution is 0.0667. The number of carbonyl (C=O) groups excluding carboxylic acids is 1. The summed E-state index contributed by atoms with van der Waals surface area (Å²) in [6, 6.07) is 3.52. The topological polar surface area (TPSA) is 76.8 Å². The van der Waals surface area contributed by atoms with Crippen molar-refractivity contribution in [1.82, 2.24) is 29.9 Å². The van der Waals surface area contributed by atoms with Crippen LogP contribution in [0.2, 0.25) is 5.02 Å². The highest BCUT2D eigenvalue weighted by Gasteiger charge is 2.34. The largest absolute Gasteiger partial charge is 0.330 e. The van der Waals surface area contributed by atoms with Crippen molar-refractivity contribution >= 4 is 17.5 Å². The van der Waals surface area contributed by atoms with Crippen molar-refractivity contribution in [1.29, 1.82) is 0 Å². The highest BCUT2D eigenvalue weighted by molar-refractivity contribution is 6.30. The molecule has 2 aromatic heterocycles. The molecule has 0 fully saturated rings. The molecular formula is C17H13ClF2N6O. The third-order valence-electron chi connectivity index (χ3n) is 4.46. The van der Waals surface area contributed by atoms with E-state index in [4.69, 9.17) is 11.6 Å². The molecule has 4 rings (SSSR count).